The maximum absolute atomic E-state index is 11.1. The van der Waals surface area contributed by atoms with Crippen molar-refractivity contribution in [2.75, 3.05) is 5.75 Å². The number of nitrogens with one attached hydrogen (secondary N) is 1. The lowest BCUT2D eigenvalue weighted by Gasteiger charge is -2.07. The Hall–Kier alpha value is -1.38. The van der Waals surface area contributed by atoms with Crippen LogP contribution in [-0.4, -0.2) is 26.9 Å². The van der Waals surface area contributed by atoms with Gasteiger partial charge < -0.3 is 0 Å². The van der Waals surface area contributed by atoms with Crippen LogP contribution in [0.15, 0.2) is 0 Å². The summed E-state index contributed by atoms with van der Waals surface area (Å²) in [6, 6.07) is -1.11. The third-order valence-electron chi connectivity index (χ3n) is 1.34. The highest BCUT2D eigenvalue weighted by atomic mass is 32.2. The standard InChI is InChI=1S/C5H9N3O5S/c1-2-5(9)4(6-7(10)11)3-14-8(12)13/h4,6H,2-3H2,1H3/t4-/m0/s1. The number of hydrogen-bond donors (Lipinski definition) is 1. The Labute approximate surface area is 83.4 Å². The van der Waals surface area contributed by atoms with E-state index in [2.05, 4.69) is 0 Å². The van der Waals surface area contributed by atoms with E-state index in [-0.39, 0.29) is 24.1 Å². The largest absolute Gasteiger partial charge is 0.297 e. The minimum Gasteiger partial charge on any atom is -0.297 e. The highest BCUT2D eigenvalue weighted by molar-refractivity contribution is 7.93. The summed E-state index contributed by atoms with van der Waals surface area (Å²) in [5.41, 5.74) is 1.73. The Bertz CT molecular complexity index is 246. The predicted octanol–water partition coefficient (Wildman–Crippen LogP) is 0.0403. The summed E-state index contributed by atoms with van der Waals surface area (Å²) in [5, 5.41) is 19.1. The fourth-order valence-electron chi connectivity index (χ4n) is 0.711. The van der Waals surface area contributed by atoms with E-state index >= 15 is 0 Å². The zero-order valence-corrected chi connectivity index (χ0v) is 8.15. The van der Waals surface area contributed by atoms with Crippen LogP contribution in [0.5, 0.6) is 0 Å². The van der Waals surface area contributed by atoms with Gasteiger partial charge in [0.1, 0.15) is 4.33 Å². The maximum atomic E-state index is 11.1. The maximum Gasteiger partial charge on any atom is 0.231 e. The zero-order valence-electron chi connectivity index (χ0n) is 7.34. The van der Waals surface area contributed by atoms with E-state index in [9.17, 15) is 25.0 Å². The second kappa shape index (κ2) is 6.13. The molecule has 8 nitrogen and oxygen atoms in total. The van der Waals surface area contributed by atoms with Gasteiger partial charge in [0.15, 0.2) is 16.9 Å². The van der Waals surface area contributed by atoms with E-state index in [1.165, 1.54) is 6.92 Å². The Morgan fingerprint density at radius 3 is 2.43 bits per heavy atom. The molecular weight excluding hydrogens is 214 g/mol. The molecule has 14 heavy (non-hydrogen) atoms. The predicted molar refractivity (Wildman–Crippen MR) is 48.7 cm³/mol. The van der Waals surface area contributed by atoms with Crippen molar-refractivity contribution in [1.82, 2.24) is 5.43 Å². The Kier molecular flexibility index (Phi) is 5.53. The van der Waals surface area contributed by atoms with Crippen molar-refractivity contribution in [2.24, 2.45) is 0 Å². The number of rotatable bonds is 7. The summed E-state index contributed by atoms with van der Waals surface area (Å²) in [7, 11) is 0. The summed E-state index contributed by atoms with van der Waals surface area (Å²) >= 11 is 0.259. The molecule has 0 aliphatic carbocycles. The van der Waals surface area contributed by atoms with Crippen molar-refractivity contribution < 1.29 is 14.2 Å². The number of hydrazine groups is 1. The van der Waals surface area contributed by atoms with Crippen LogP contribution in [0.1, 0.15) is 13.3 Å². The van der Waals surface area contributed by atoms with Crippen molar-refractivity contribution in [2.45, 2.75) is 19.4 Å². The first-order valence-corrected chi connectivity index (χ1v) is 4.62. The highest BCUT2D eigenvalue weighted by Gasteiger charge is 2.24. The van der Waals surface area contributed by atoms with Gasteiger partial charge in [-0.05, 0) is 0 Å². The van der Waals surface area contributed by atoms with Gasteiger partial charge in [0.2, 0.25) is 11.9 Å². The number of ketones is 1. The molecule has 0 fully saturated rings. The van der Waals surface area contributed by atoms with Crippen LogP contribution in [0.25, 0.3) is 0 Å². The van der Waals surface area contributed by atoms with Crippen LogP contribution in [0.3, 0.4) is 0 Å². The number of carbonyl (C=O) groups is 1. The highest BCUT2D eigenvalue weighted by Crippen LogP contribution is 2.05. The summed E-state index contributed by atoms with van der Waals surface area (Å²) < 4.78 is -0.697. The van der Waals surface area contributed by atoms with Crippen molar-refractivity contribution in [3.05, 3.63) is 20.2 Å². The van der Waals surface area contributed by atoms with Crippen LogP contribution in [0.2, 0.25) is 0 Å². The lowest BCUT2D eigenvalue weighted by atomic mass is 10.2. The first kappa shape index (κ1) is 12.6. The zero-order chi connectivity index (χ0) is 11.1. The molecule has 0 heterocycles. The Balaban J connectivity index is 4.17. The van der Waals surface area contributed by atoms with Crippen LogP contribution >= 0.6 is 11.9 Å². The van der Waals surface area contributed by atoms with Gasteiger partial charge in [0, 0.05) is 6.42 Å². The number of nitrogens with zero attached hydrogens (tertiary/aromatic N) is 2. The molecule has 0 bridgehead atoms. The molecule has 0 aromatic heterocycles. The van der Waals surface area contributed by atoms with Crippen molar-refractivity contribution >= 4 is 17.7 Å². The molecule has 80 valence electrons. The van der Waals surface area contributed by atoms with Crippen LogP contribution < -0.4 is 5.43 Å². The minimum atomic E-state index is -1.11. The molecule has 0 aromatic carbocycles. The third kappa shape index (κ3) is 5.30. The molecule has 0 saturated heterocycles. The first-order valence-electron chi connectivity index (χ1n) is 3.68. The lowest BCUT2D eigenvalue weighted by Crippen LogP contribution is -2.42. The second-order valence-corrected chi connectivity index (χ2v) is 3.17. The van der Waals surface area contributed by atoms with Gasteiger partial charge in [-0.3, -0.25) is 14.9 Å². The van der Waals surface area contributed by atoms with Crippen molar-refractivity contribution in [1.29, 1.82) is 0 Å². The summed E-state index contributed by atoms with van der Waals surface area (Å²) in [5.74, 6) is -0.670. The SMILES string of the molecule is CCC(=O)[C@H](CS[N+](=O)[O-])N[N+](=O)[O-]. The second-order valence-electron chi connectivity index (χ2n) is 2.28. The molecule has 9 heteroatoms. The van der Waals surface area contributed by atoms with Gasteiger partial charge in [0.05, 0.1) is 5.75 Å². The molecule has 0 saturated carbocycles. The molecule has 0 unspecified atom stereocenters. The van der Waals surface area contributed by atoms with Crippen LogP contribution in [-0.2, 0) is 4.79 Å². The molecule has 0 spiro atoms. The van der Waals surface area contributed by atoms with Crippen molar-refractivity contribution in [3.8, 4) is 0 Å². The molecule has 0 aliphatic heterocycles. The van der Waals surface area contributed by atoms with E-state index in [1.54, 1.807) is 5.43 Å². The van der Waals surface area contributed by atoms with Gasteiger partial charge in [-0.25, -0.2) is 10.1 Å². The van der Waals surface area contributed by atoms with Gasteiger partial charge in [-0.15, -0.1) is 5.43 Å². The van der Waals surface area contributed by atoms with Crippen LogP contribution in [0.4, 0.5) is 0 Å². The van der Waals surface area contributed by atoms with E-state index < -0.39 is 21.2 Å². The quantitative estimate of drug-likeness (QED) is 0.368. The molecule has 0 rings (SSSR count). The summed E-state index contributed by atoms with van der Waals surface area (Å²) in [4.78, 5) is 31.1. The topological polar surface area (TPSA) is 115 Å². The third-order valence-corrected chi connectivity index (χ3v) is 2.04. The molecular formula is C5H9N3O5S. The number of nitro groups is 2. The molecule has 0 aromatic rings. The number of carbonyl (C=O) groups excluding carboxylic acids is 1. The van der Waals surface area contributed by atoms with E-state index in [0.717, 1.165) is 0 Å². The fourth-order valence-corrected chi connectivity index (χ4v) is 1.24. The average Bonchev–Trinajstić information content (AvgIpc) is 2.10. The molecule has 1 atom stereocenters. The minimum absolute atomic E-state index is 0.101. The lowest BCUT2D eigenvalue weighted by molar-refractivity contribution is -0.547. The van der Waals surface area contributed by atoms with E-state index in [1.807, 2.05) is 0 Å². The average molecular weight is 223 g/mol. The van der Waals surface area contributed by atoms with Crippen molar-refractivity contribution in [3.63, 3.8) is 0 Å². The number of hydrogen-bond acceptors (Lipinski definition) is 6. The van der Waals surface area contributed by atoms with E-state index in [4.69, 9.17) is 0 Å². The monoisotopic (exact) mass is 223 g/mol. The summed E-state index contributed by atoms with van der Waals surface area (Å²) in [6.07, 6.45) is 0.101. The summed E-state index contributed by atoms with van der Waals surface area (Å²) in [6.45, 7) is 1.54. The van der Waals surface area contributed by atoms with Gasteiger partial charge in [-0.2, -0.15) is 0 Å². The molecule has 1 N–H and O–H groups in total. The van der Waals surface area contributed by atoms with Crippen LogP contribution in [0, 0.1) is 20.2 Å². The number of Topliss-reactive ketones (excluding diaryl/α,β-unsaturated/α-hetero) is 1. The first-order chi connectivity index (χ1) is 6.47. The Morgan fingerprint density at radius 1 is 1.50 bits per heavy atom. The van der Waals surface area contributed by atoms with Gasteiger partial charge in [0.25, 0.3) is 0 Å². The van der Waals surface area contributed by atoms with Gasteiger partial charge in [-0.1, -0.05) is 6.92 Å². The fraction of sp³-hybridized carbons (Fsp3) is 0.800. The molecule has 0 aliphatic rings. The molecule has 0 amide bonds. The molecule has 0 radical (unpaired) electrons. The van der Waals surface area contributed by atoms with Gasteiger partial charge >= 0.3 is 0 Å². The normalized spacial score (nSPS) is 11.8. The van der Waals surface area contributed by atoms with E-state index in [0.29, 0.717) is 0 Å². The Morgan fingerprint density at radius 2 is 2.07 bits per heavy atom. The smallest absolute Gasteiger partial charge is 0.231 e.